The maximum absolute atomic E-state index is 13.4. The highest BCUT2D eigenvalue weighted by Crippen LogP contribution is 2.33. The standard InChI is InChI=1S/C21H20FNO2/c22-13-18-20(25-21(23-18)17-5-2-1-3-6-17)16-11-9-15(10-12-16)19(24)14-7-4-8-14/h1-3,5-6,9-12,14,18,20H,4,7-8,13H2/t18-,20-/m1/s1. The molecule has 0 bridgehead atoms. The minimum absolute atomic E-state index is 0.181. The van der Waals surface area contributed by atoms with Crippen LogP contribution in [0.4, 0.5) is 4.39 Å². The fraction of sp³-hybridized carbons (Fsp3) is 0.333. The Morgan fingerprint density at radius 2 is 1.80 bits per heavy atom. The zero-order chi connectivity index (χ0) is 17.2. The summed E-state index contributed by atoms with van der Waals surface area (Å²) in [5, 5.41) is 0. The molecule has 0 N–H and O–H groups in total. The predicted octanol–water partition coefficient (Wildman–Crippen LogP) is 4.53. The van der Waals surface area contributed by atoms with Crippen LogP contribution in [0.2, 0.25) is 0 Å². The lowest BCUT2D eigenvalue weighted by Crippen LogP contribution is -2.22. The number of hydrogen-bond acceptors (Lipinski definition) is 3. The first-order valence-electron chi connectivity index (χ1n) is 8.76. The van der Waals surface area contributed by atoms with Crippen LogP contribution in [0.15, 0.2) is 59.6 Å². The Balaban J connectivity index is 1.52. The van der Waals surface area contributed by atoms with E-state index in [9.17, 15) is 9.18 Å². The minimum atomic E-state index is -0.580. The summed E-state index contributed by atoms with van der Waals surface area (Å²) in [6, 6.07) is 16.4. The summed E-state index contributed by atoms with van der Waals surface area (Å²) in [5.74, 6) is 0.872. The molecule has 128 valence electrons. The number of rotatable bonds is 5. The monoisotopic (exact) mass is 337 g/mol. The molecular weight excluding hydrogens is 317 g/mol. The SMILES string of the molecule is O=C(c1ccc([C@H]2OC(c3ccccc3)=N[C@@H]2CF)cc1)C1CCC1. The Kier molecular flexibility index (Phi) is 4.35. The Labute approximate surface area is 146 Å². The Morgan fingerprint density at radius 1 is 1.08 bits per heavy atom. The van der Waals surface area contributed by atoms with Gasteiger partial charge < -0.3 is 4.74 Å². The van der Waals surface area contributed by atoms with Crippen LogP contribution in [0.3, 0.4) is 0 Å². The Morgan fingerprint density at radius 3 is 2.40 bits per heavy atom. The van der Waals surface area contributed by atoms with Crippen LogP contribution in [0.5, 0.6) is 0 Å². The third-order valence-electron chi connectivity index (χ3n) is 5.05. The lowest BCUT2D eigenvalue weighted by atomic mass is 9.80. The van der Waals surface area contributed by atoms with Gasteiger partial charge in [-0.3, -0.25) is 4.79 Å². The largest absolute Gasteiger partial charge is 0.467 e. The molecule has 4 heteroatoms. The zero-order valence-electron chi connectivity index (χ0n) is 13.9. The van der Waals surface area contributed by atoms with Crippen LogP contribution in [-0.4, -0.2) is 24.4 Å². The van der Waals surface area contributed by atoms with Crippen molar-refractivity contribution < 1.29 is 13.9 Å². The molecular formula is C21H20FNO2. The summed E-state index contributed by atoms with van der Waals surface area (Å²) in [6.45, 7) is -0.580. The number of carbonyl (C=O) groups excluding carboxylic acids is 1. The number of nitrogens with zero attached hydrogens (tertiary/aromatic N) is 1. The second kappa shape index (κ2) is 6.79. The number of Topliss-reactive ketones (excluding diaryl/α,β-unsaturated/α-hetero) is 1. The van der Waals surface area contributed by atoms with Crippen molar-refractivity contribution in [3.05, 3.63) is 71.3 Å². The van der Waals surface area contributed by atoms with Crippen LogP contribution >= 0.6 is 0 Å². The summed E-state index contributed by atoms with van der Waals surface area (Å²) in [7, 11) is 0. The third kappa shape index (κ3) is 3.09. The summed E-state index contributed by atoms with van der Waals surface area (Å²) in [5.41, 5.74) is 2.43. The predicted molar refractivity (Wildman–Crippen MR) is 94.7 cm³/mol. The van der Waals surface area contributed by atoms with Crippen molar-refractivity contribution in [2.45, 2.75) is 31.4 Å². The maximum Gasteiger partial charge on any atom is 0.217 e. The highest BCUT2D eigenvalue weighted by molar-refractivity contribution is 5.98. The molecule has 2 atom stereocenters. The minimum Gasteiger partial charge on any atom is -0.467 e. The molecule has 2 aromatic rings. The molecule has 1 aliphatic heterocycles. The fourth-order valence-corrected chi connectivity index (χ4v) is 3.32. The molecule has 0 aromatic heterocycles. The second-order valence-electron chi connectivity index (χ2n) is 6.67. The van der Waals surface area contributed by atoms with Gasteiger partial charge in [-0.1, -0.05) is 48.9 Å². The van der Waals surface area contributed by atoms with Gasteiger partial charge in [0.25, 0.3) is 0 Å². The quantitative estimate of drug-likeness (QED) is 0.752. The van der Waals surface area contributed by atoms with E-state index in [-0.39, 0.29) is 11.7 Å². The van der Waals surface area contributed by atoms with E-state index in [1.54, 1.807) is 0 Å². The summed E-state index contributed by atoms with van der Waals surface area (Å²) in [6.07, 6.45) is 2.67. The molecule has 0 amide bonds. The first-order chi connectivity index (χ1) is 12.3. The number of benzene rings is 2. The van der Waals surface area contributed by atoms with E-state index >= 15 is 0 Å². The molecule has 0 radical (unpaired) electrons. The fourth-order valence-electron chi connectivity index (χ4n) is 3.32. The number of alkyl halides is 1. The number of carbonyl (C=O) groups is 1. The summed E-state index contributed by atoms with van der Waals surface area (Å²) >= 11 is 0. The average molecular weight is 337 g/mol. The smallest absolute Gasteiger partial charge is 0.217 e. The molecule has 2 aromatic carbocycles. The molecule has 25 heavy (non-hydrogen) atoms. The lowest BCUT2D eigenvalue weighted by molar-refractivity contribution is 0.0855. The van der Waals surface area contributed by atoms with Gasteiger partial charge in [0.1, 0.15) is 12.7 Å². The van der Waals surface area contributed by atoms with Crippen molar-refractivity contribution in [3.8, 4) is 0 Å². The number of halogens is 1. The zero-order valence-corrected chi connectivity index (χ0v) is 13.9. The van der Waals surface area contributed by atoms with Gasteiger partial charge in [-0.25, -0.2) is 9.38 Å². The highest BCUT2D eigenvalue weighted by atomic mass is 19.1. The van der Waals surface area contributed by atoms with Gasteiger partial charge in [0.15, 0.2) is 11.9 Å². The first-order valence-corrected chi connectivity index (χ1v) is 8.76. The molecule has 1 fully saturated rings. The molecule has 2 aliphatic rings. The number of ketones is 1. The van der Waals surface area contributed by atoms with Crippen molar-refractivity contribution >= 4 is 11.7 Å². The van der Waals surface area contributed by atoms with Crippen LogP contribution in [0.1, 0.15) is 46.9 Å². The van der Waals surface area contributed by atoms with Crippen LogP contribution in [0.25, 0.3) is 0 Å². The van der Waals surface area contributed by atoms with Gasteiger partial charge in [-0.05, 0) is 30.5 Å². The van der Waals surface area contributed by atoms with Gasteiger partial charge in [0, 0.05) is 17.0 Å². The highest BCUT2D eigenvalue weighted by Gasteiger charge is 2.33. The normalized spacial score (nSPS) is 22.8. The number of ether oxygens (including phenoxy) is 1. The molecule has 0 spiro atoms. The second-order valence-corrected chi connectivity index (χ2v) is 6.67. The van der Waals surface area contributed by atoms with Gasteiger partial charge in [-0.15, -0.1) is 0 Å². The molecule has 0 saturated heterocycles. The lowest BCUT2D eigenvalue weighted by Gasteiger charge is -2.24. The van der Waals surface area contributed by atoms with E-state index in [0.29, 0.717) is 5.90 Å². The maximum atomic E-state index is 13.4. The van der Waals surface area contributed by atoms with Gasteiger partial charge in [0.05, 0.1) is 0 Å². The summed E-state index contributed by atoms with van der Waals surface area (Å²) < 4.78 is 19.4. The molecule has 1 heterocycles. The van der Waals surface area contributed by atoms with E-state index in [0.717, 1.165) is 36.0 Å². The van der Waals surface area contributed by atoms with Gasteiger partial charge in [0.2, 0.25) is 5.90 Å². The van der Waals surface area contributed by atoms with E-state index in [4.69, 9.17) is 4.74 Å². The molecule has 1 aliphatic carbocycles. The van der Waals surface area contributed by atoms with Crippen molar-refractivity contribution in [2.24, 2.45) is 10.9 Å². The van der Waals surface area contributed by atoms with Crippen LogP contribution < -0.4 is 0 Å². The molecule has 3 nitrogen and oxygen atoms in total. The van der Waals surface area contributed by atoms with E-state index < -0.39 is 18.8 Å². The average Bonchev–Trinajstić information content (AvgIpc) is 3.05. The van der Waals surface area contributed by atoms with E-state index in [1.165, 1.54) is 0 Å². The van der Waals surface area contributed by atoms with Gasteiger partial charge >= 0.3 is 0 Å². The van der Waals surface area contributed by atoms with Crippen LogP contribution in [-0.2, 0) is 4.74 Å². The van der Waals surface area contributed by atoms with Crippen molar-refractivity contribution in [1.29, 1.82) is 0 Å². The summed E-state index contributed by atoms with van der Waals surface area (Å²) in [4.78, 5) is 16.7. The van der Waals surface area contributed by atoms with Crippen molar-refractivity contribution in [2.75, 3.05) is 6.67 Å². The molecule has 1 saturated carbocycles. The van der Waals surface area contributed by atoms with Gasteiger partial charge in [-0.2, -0.15) is 0 Å². The molecule has 4 rings (SSSR count). The third-order valence-corrected chi connectivity index (χ3v) is 5.05. The molecule has 0 unspecified atom stereocenters. The topological polar surface area (TPSA) is 38.7 Å². The first kappa shape index (κ1) is 16.0. The van der Waals surface area contributed by atoms with Crippen LogP contribution in [0, 0.1) is 5.92 Å². The number of hydrogen-bond donors (Lipinski definition) is 0. The van der Waals surface area contributed by atoms with E-state index in [2.05, 4.69) is 4.99 Å². The van der Waals surface area contributed by atoms with E-state index in [1.807, 2.05) is 54.6 Å². The number of aliphatic imine (C=N–C) groups is 1. The Hall–Kier alpha value is -2.49. The van der Waals surface area contributed by atoms with Crippen molar-refractivity contribution in [1.82, 2.24) is 0 Å². The van der Waals surface area contributed by atoms with Crippen molar-refractivity contribution in [3.63, 3.8) is 0 Å². The Bertz CT molecular complexity index is 781.